The standard InChI is InChI=1S/C15H18Cl2N4O2S2/c1-2-19-15(20-8-10-3-4-11(16)7-13(10)17)21-9-12-5-6-14(24-12)25(18,22)23/h3-7H,2,8-9H2,1H3,(H2,18,22,23)(H2,19,20,21). The van der Waals surface area contributed by atoms with Gasteiger partial charge >= 0.3 is 0 Å². The number of hydrogen-bond acceptors (Lipinski definition) is 4. The van der Waals surface area contributed by atoms with Crippen molar-refractivity contribution >= 4 is 50.5 Å². The van der Waals surface area contributed by atoms with Crippen LogP contribution in [0.1, 0.15) is 17.4 Å². The summed E-state index contributed by atoms with van der Waals surface area (Å²) in [6.07, 6.45) is 0. The fraction of sp³-hybridized carbons (Fsp3) is 0.267. The zero-order valence-electron chi connectivity index (χ0n) is 13.4. The molecule has 0 aliphatic rings. The second-order valence-corrected chi connectivity index (χ2v) is 8.85. The quantitative estimate of drug-likeness (QED) is 0.494. The number of thiophene rings is 1. The zero-order chi connectivity index (χ0) is 18.4. The highest BCUT2D eigenvalue weighted by Crippen LogP contribution is 2.22. The highest BCUT2D eigenvalue weighted by molar-refractivity contribution is 7.91. The van der Waals surface area contributed by atoms with Crippen LogP contribution in [-0.4, -0.2) is 20.9 Å². The molecule has 0 atom stereocenters. The number of primary sulfonamides is 1. The summed E-state index contributed by atoms with van der Waals surface area (Å²) in [5.74, 6) is 0.596. The van der Waals surface area contributed by atoms with Crippen LogP contribution in [-0.2, 0) is 23.1 Å². The number of guanidine groups is 1. The molecule has 0 aliphatic carbocycles. The van der Waals surface area contributed by atoms with E-state index in [9.17, 15) is 8.42 Å². The number of sulfonamides is 1. The maximum Gasteiger partial charge on any atom is 0.247 e. The number of benzene rings is 1. The lowest BCUT2D eigenvalue weighted by Crippen LogP contribution is -2.36. The Morgan fingerprint density at radius 1 is 1.24 bits per heavy atom. The molecule has 25 heavy (non-hydrogen) atoms. The Morgan fingerprint density at radius 2 is 2.00 bits per heavy atom. The van der Waals surface area contributed by atoms with Gasteiger partial charge in [-0.3, -0.25) is 0 Å². The van der Waals surface area contributed by atoms with Crippen molar-refractivity contribution in [1.82, 2.24) is 10.6 Å². The first-order chi connectivity index (χ1) is 11.8. The molecular formula is C15H18Cl2N4O2S2. The number of nitrogens with one attached hydrogen (secondary N) is 2. The van der Waals surface area contributed by atoms with Gasteiger partial charge in [-0.05, 0) is 36.8 Å². The Kier molecular flexibility index (Phi) is 7.09. The van der Waals surface area contributed by atoms with Crippen LogP contribution in [0.15, 0.2) is 39.5 Å². The van der Waals surface area contributed by atoms with Gasteiger partial charge in [0.05, 0.1) is 13.1 Å². The van der Waals surface area contributed by atoms with Crippen molar-refractivity contribution < 1.29 is 8.42 Å². The SMILES string of the molecule is CCNC(=NCc1ccc(Cl)cc1Cl)NCc1ccc(S(N)(=O)=O)s1. The van der Waals surface area contributed by atoms with Gasteiger partial charge in [-0.2, -0.15) is 0 Å². The van der Waals surface area contributed by atoms with Gasteiger partial charge in [0.1, 0.15) is 4.21 Å². The molecule has 0 unspecified atom stereocenters. The van der Waals surface area contributed by atoms with E-state index in [-0.39, 0.29) is 4.21 Å². The van der Waals surface area contributed by atoms with Crippen LogP contribution >= 0.6 is 34.5 Å². The number of rotatable bonds is 6. The van der Waals surface area contributed by atoms with E-state index < -0.39 is 10.0 Å². The zero-order valence-corrected chi connectivity index (χ0v) is 16.6. The third kappa shape index (κ3) is 6.16. The molecule has 1 aromatic carbocycles. The summed E-state index contributed by atoms with van der Waals surface area (Å²) in [7, 11) is -3.67. The molecule has 0 fully saturated rings. The maximum atomic E-state index is 11.3. The molecule has 10 heteroatoms. The summed E-state index contributed by atoms with van der Waals surface area (Å²) >= 11 is 13.2. The number of halogens is 2. The van der Waals surface area contributed by atoms with Crippen molar-refractivity contribution in [3.63, 3.8) is 0 Å². The number of nitrogens with zero attached hydrogens (tertiary/aromatic N) is 1. The van der Waals surface area contributed by atoms with Crippen molar-refractivity contribution in [3.05, 3.63) is 50.8 Å². The van der Waals surface area contributed by atoms with Crippen molar-refractivity contribution in [2.75, 3.05) is 6.54 Å². The summed E-state index contributed by atoms with van der Waals surface area (Å²) in [6.45, 7) is 3.46. The van der Waals surface area contributed by atoms with E-state index in [1.807, 2.05) is 13.0 Å². The number of aliphatic imine (C=N–C) groups is 1. The Labute approximate surface area is 161 Å². The lowest BCUT2D eigenvalue weighted by Gasteiger charge is -2.11. The molecule has 2 aromatic rings. The average Bonchev–Trinajstić information content (AvgIpc) is 3.00. The van der Waals surface area contributed by atoms with Crippen molar-refractivity contribution in [2.24, 2.45) is 10.1 Å². The van der Waals surface area contributed by atoms with E-state index in [0.717, 1.165) is 21.8 Å². The minimum absolute atomic E-state index is 0.138. The minimum atomic E-state index is -3.67. The fourth-order valence-corrected chi connectivity index (χ4v) is 4.12. The van der Waals surface area contributed by atoms with Crippen molar-refractivity contribution in [1.29, 1.82) is 0 Å². The van der Waals surface area contributed by atoms with Gasteiger partial charge in [0.25, 0.3) is 0 Å². The normalized spacial score (nSPS) is 12.2. The Morgan fingerprint density at radius 3 is 2.60 bits per heavy atom. The van der Waals surface area contributed by atoms with Gasteiger partial charge in [-0.15, -0.1) is 11.3 Å². The van der Waals surface area contributed by atoms with E-state index in [1.165, 1.54) is 6.07 Å². The number of hydrogen-bond donors (Lipinski definition) is 3. The largest absolute Gasteiger partial charge is 0.357 e. The molecule has 1 heterocycles. The monoisotopic (exact) mass is 420 g/mol. The predicted octanol–water partition coefficient (Wildman–Crippen LogP) is 2.96. The molecule has 0 bridgehead atoms. The van der Waals surface area contributed by atoms with Gasteiger partial charge in [0.15, 0.2) is 5.96 Å². The highest BCUT2D eigenvalue weighted by Gasteiger charge is 2.11. The molecule has 0 radical (unpaired) electrons. The van der Waals surface area contributed by atoms with Crippen molar-refractivity contribution in [3.8, 4) is 0 Å². The summed E-state index contributed by atoms with van der Waals surface area (Å²) in [6, 6.07) is 8.48. The first kappa shape index (κ1) is 20.0. The molecule has 2 rings (SSSR count). The first-order valence-corrected chi connectivity index (χ1v) is 10.5. The van der Waals surface area contributed by atoms with E-state index in [1.54, 1.807) is 18.2 Å². The summed E-state index contributed by atoms with van der Waals surface area (Å²) in [4.78, 5) is 5.31. The smallest absolute Gasteiger partial charge is 0.247 e. The maximum absolute atomic E-state index is 11.3. The molecule has 0 spiro atoms. The molecule has 6 nitrogen and oxygen atoms in total. The summed E-state index contributed by atoms with van der Waals surface area (Å²) < 4.78 is 22.8. The van der Waals surface area contributed by atoms with Gasteiger partial charge in [0, 0.05) is 21.5 Å². The molecule has 0 aliphatic heterocycles. The molecular weight excluding hydrogens is 403 g/mol. The van der Waals surface area contributed by atoms with Gasteiger partial charge in [-0.1, -0.05) is 29.3 Å². The fourth-order valence-electron chi connectivity index (χ4n) is 1.93. The minimum Gasteiger partial charge on any atom is -0.357 e. The van der Waals surface area contributed by atoms with E-state index in [4.69, 9.17) is 28.3 Å². The predicted molar refractivity (Wildman–Crippen MR) is 104 cm³/mol. The Balaban J connectivity index is 2.03. The first-order valence-electron chi connectivity index (χ1n) is 7.37. The lowest BCUT2D eigenvalue weighted by atomic mass is 10.2. The highest BCUT2D eigenvalue weighted by atomic mass is 35.5. The average molecular weight is 421 g/mol. The topological polar surface area (TPSA) is 96.6 Å². The lowest BCUT2D eigenvalue weighted by molar-refractivity contribution is 0.600. The van der Waals surface area contributed by atoms with E-state index >= 15 is 0 Å². The number of nitrogens with two attached hydrogens (primary N) is 1. The van der Waals surface area contributed by atoms with Gasteiger partial charge in [0.2, 0.25) is 10.0 Å². The molecule has 136 valence electrons. The summed E-state index contributed by atoms with van der Waals surface area (Å²) in [5, 5.41) is 12.5. The second-order valence-electron chi connectivity index (χ2n) is 5.05. The third-order valence-electron chi connectivity index (χ3n) is 3.11. The van der Waals surface area contributed by atoms with Crippen LogP contribution in [0.5, 0.6) is 0 Å². The van der Waals surface area contributed by atoms with E-state index in [0.29, 0.717) is 35.6 Å². The molecule has 1 aromatic heterocycles. The van der Waals surface area contributed by atoms with E-state index in [2.05, 4.69) is 15.6 Å². The van der Waals surface area contributed by atoms with Gasteiger partial charge < -0.3 is 10.6 Å². The molecule has 0 amide bonds. The Hall–Kier alpha value is -1.32. The van der Waals surface area contributed by atoms with Crippen LogP contribution < -0.4 is 15.8 Å². The van der Waals surface area contributed by atoms with Crippen LogP contribution in [0.2, 0.25) is 10.0 Å². The summed E-state index contributed by atoms with van der Waals surface area (Å²) in [5.41, 5.74) is 0.857. The molecule has 4 N–H and O–H groups in total. The van der Waals surface area contributed by atoms with Crippen LogP contribution in [0.4, 0.5) is 0 Å². The Bertz CT molecular complexity index is 866. The molecule has 0 saturated carbocycles. The van der Waals surface area contributed by atoms with Crippen LogP contribution in [0.3, 0.4) is 0 Å². The van der Waals surface area contributed by atoms with Crippen LogP contribution in [0.25, 0.3) is 0 Å². The van der Waals surface area contributed by atoms with Crippen molar-refractivity contribution in [2.45, 2.75) is 24.2 Å². The van der Waals surface area contributed by atoms with Gasteiger partial charge in [-0.25, -0.2) is 18.5 Å². The second kappa shape index (κ2) is 8.86. The van der Waals surface area contributed by atoms with Crippen LogP contribution in [0, 0.1) is 0 Å². The molecule has 0 saturated heterocycles. The third-order valence-corrected chi connectivity index (χ3v) is 6.22.